The molecule has 1 aliphatic heterocycles. The number of hydrogen-bond donors (Lipinski definition) is 0. The maximum Gasteiger partial charge on any atom is 0.410 e. The Morgan fingerprint density at radius 1 is 1.17 bits per heavy atom. The van der Waals surface area contributed by atoms with Crippen LogP contribution in [0.5, 0.6) is 0 Å². The molecule has 6 nitrogen and oxygen atoms in total. The quantitative estimate of drug-likeness (QED) is 0.792. The van der Waals surface area contributed by atoms with Crippen LogP contribution in [-0.4, -0.2) is 62.3 Å². The molecule has 0 N–H and O–H groups in total. The molecule has 1 aliphatic rings. The fraction of sp³-hybridized carbons (Fsp3) is 0.556. The van der Waals surface area contributed by atoms with Crippen molar-refractivity contribution in [2.75, 3.05) is 44.9 Å². The van der Waals surface area contributed by atoms with Gasteiger partial charge in [-0.2, -0.15) is 0 Å². The third-order valence-corrected chi connectivity index (χ3v) is 4.07. The number of morpholine rings is 1. The van der Waals surface area contributed by atoms with Crippen molar-refractivity contribution in [1.82, 2.24) is 4.90 Å². The predicted molar refractivity (Wildman–Crippen MR) is 92.7 cm³/mol. The van der Waals surface area contributed by atoms with Gasteiger partial charge in [-0.1, -0.05) is 0 Å². The van der Waals surface area contributed by atoms with Gasteiger partial charge in [0, 0.05) is 29.9 Å². The van der Waals surface area contributed by atoms with Crippen molar-refractivity contribution < 1.29 is 19.1 Å². The summed E-state index contributed by atoms with van der Waals surface area (Å²) >= 11 is 0. The van der Waals surface area contributed by atoms with Crippen molar-refractivity contribution in [3.05, 3.63) is 29.8 Å². The zero-order valence-electron chi connectivity index (χ0n) is 14.9. The summed E-state index contributed by atoms with van der Waals surface area (Å²) in [7, 11) is 1.32. The van der Waals surface area contributed by atoms with E-state index in [2.05, 4.69) is 4.90 Å². The van der Waals surface area contributed by atoms with E-state index in [9.17, 15) is 9.59 Å². The first-order chi connectivity index (χ1) is 11.3. The fourth-order valence-electron chi connectivity index (χ4n) is 2.60. The largest absolute Gasteiger partial charge is 0.453 e. The molecular weight excluding hydrogens is 308 g/mol. The van der Waals surface area contributed by atoms with Crippen LogP contribution in [0.4, 0.5) is 10.5 Å². The lowest BCUT2D eigenvalue weighted by molar-refractivity contribution is 0.0696. The van der Waals surface area contributed by atoms with Crippen LogP contribution in [0.2, 0.25) is 0 Å². The molecule has 0 radical (unpaired) electrons. The number of anilines is 1. The summed E-state index contributed by atoms with van der Waals surface area (Å²) in [6.45, 7) is 8.77. The van der Waals surface area contributed by atoms with Gasteiger partial charge in [0.1, 0.15) is 0 Å². The molecule has 0 saturated carbocycles. The second-order valence-corrected chi connectivity index (χ2v) is 6.80. The average molecular weight is 334 g/mol. The van der Waals surface area contributed by atoms with E-state index in [-0.39, 0.29) is 12.3 Å². The maximum atomic E-state index is 12.5. The van der Waals surface area contributed by atoms with E-state index in [4.69, 9.17) is 9.47 Å². The summed E-state index contributed by atoms with van der Waals surface area (Å²) in [6, 6.07) is 7.51. The van der Waals surface area contributed by atoms with Crippen LogP contribution in [0, 0.1) is 0 Å². The molecule has 132 valence electrons. The van der Waals surface area contributed by atoms with Gasteiger partial charge in [0.05, 0.1) is 26.9 Å². The van der Waals surface area contributed by atoms with Crippen LogP contribution in [0.3, 0.4) is 0 Å². The Labute approximate surface area is 143 Å². The van der Waals surface area contributed by atoms with Crippen LogP contribution < -0.4 is 4.90 Å². The third kappa shape index (κ3) is 4.47. The normalized spacial score (nSPS) is 15.1. The zero-order valence-corrected chi connectivity index (χ0v) is 14.9. The van der Waals surface area contributed by atoms with Crippen molar-refractivity contribution in [1.29, 1.82) is 0 Å². The zero-order chi connectivity index (χ0) is 17.7. The smallest absolute Gasteiger partial charge is 0.410 e. The van der Waals surface area contributed by atoms with Crippen LogP contribution in [0.15, 0.2) is 24.3 Å². The molecule has 1 amide bonds. The third-order valence-electron chi connectivity index (χ3n) is 4.07. The van der Waals surface area contributed by atoms with Gasteiger partial charge in [-0.15, -0.1) is 0 Å². The number of Topliss-reactive ketones (excluding diaryl/α,β-unsaturated/α-hetero) is 1. The number of methoxy groups -OCH3 is 1. The second kappa shape index (κ2) is 7.66. The molecule has 0 bridgehead atoms. The van der Waals surface area contributed by atoms with Gasteiger partial charge >= 0.3 is 6.09 Å². The summed E-state index contributed by atoms with van der Waals surface area (Å²) in [6.07, 6.45) is -0.499. The van der Waals surface area contributed by atoms with Crippen LogP contribution in [0.25, 0.3) is 0 Å². The van der Waals surface area contributed by atoms with Gasteiger partial charge in [-0.3, -0.25) is 9.69 Å². The van der Waals surface area contributed by atoms with Crippen LogP contribution in [-0.2, 0) is 9.47 Å². The minimum Gasteiger partial charge on any atom is -0.453 e. The van der Waals surface area contributed by atoms with Crippen molar-refractivity contribution in [2.45, 2.75) is 26.3 Å². The highest BCUT2D eigenvalue weighted by atomic mass is 16.5. The van der Waals surface area contributed by atoms with Crippen molar-refractivity contribution in [3.8, 4) is 0 Å². The first-order valence-corrected chi connectivity index (χ1v) is 8.14. The molecular formula is C18H26N2O4. The number of benzene rings is 1. The molecule has 1 saturated heterocycles. The summed E-state index contributed by atoms with van der Waals surface area (Å²) < 4.78 is 10.1. The number of hydrogen-bond acceptors (Lipinski definition) is 5. The molecule has 1 heterocycles. The van der Waals surface area contributed by atoms with E-state index in [0.29, 0.717) is 5.56 Å². The number of ketones is 1. The Bertz CT molecular complexity index is 572. The molecule has 2 rings (SSSR count). The minimum atomic E-state index is -0.499. The number of carbonyl (C=O) groups is 2. The summed E-state index contributed by atoms with van der Waals surface area (Å²) in [5, 5.41) is 0. The van der Waals surface area contributed by atoms with E-state index in [1.165, 1.54) is 12.0 Å². The van der Waals surface area contributed by atoms with E-state index < -0.39 is 11.6 Å². The first kappa shape index (κ1) is 18.3. The topological polar surface area (TPSA) is 59.1 Å². The van der Waals surface area contributed by atoms with E-state index in [0.717, 1.165) is 32.0 Å². The molecule has 0 spiro atoms. The Balaban J connectivity index is 2.07. The molecule has 0 aromatic heterocycles. The van der Waals surface area contributed by atoms with Crippen molar-refractivity contribution >= 4 is 17.6 Å². The monoisotopic (exact) mass is 334 g/mol. The van der Waals surface area contributed by atoms with Gasteiger partial charge in [0.15, 0.2) is 5.78 Å². The van der Waals surface area contributed by atoms with E-state index in [1.54, 1.807) is 0 Å². The summed E-state index contributed by atoms with van der Waals surface area (Å²) in [4.78, 5) is 28.1. The first-order valence-electron chi connectivity index (χ1n) is 8.14. The molecule has 0 aliphatic carbocycles. The fourth-order valence-corrected chi connectivity index (χ4v) is 2.60. The Kier molecular flexibility index (Phi) is 5.83. The van der Waals surface area contributed by atoms with Crippen LogP contribution in [0.1, 0.15) is 31.1 Å². The molecule has 24 heavy (non-hydrogen) atoms. The van der Waals surface area contributed by atoms with E-state index >= 15 is 0 Å². The van der Waals surface area contributed by atoms with Crippen molar-refractivity contribution in [2.24, 2.45) is 0 Å². The summed E-state index contributed by atoms with van der Waals surface area (Å²) in [5.74, 6) is -0.108. The van der Waals surface area contributed by atoms with Gasteiger partial charge in [-0.25, -0.2) is 4.79 Å². The number of nitrogens with zero attached hydrogens (tertiary/aromatic N) is 2. The number of rotatable bonds is 4. The lowest BCUT2D eigenvalue weighted by Gasteiger charge is -2.33. The number of ether oxygens (including phenoxy) is 2. The number of amides is 1. The Morgan fingerprint density at radius 2 is 1.75 bits per heavy atom. The highest BCUT2D eigenvalue weighted by molar-refractivity contribution is 5.99. The van der Waals surface area contributed by atoms with Crippen LogP contribution >= 0.6 is 0 Å². The molecule has 1 aromatic carbocycles. The van der Waals surface area contributed by atoms with Gasteiger partial charge in [0.2, 0.25) is 0 Å². The van der Waals surface area contributed by atoms with Gasteiger partial charge in [0.25, 0.3) is 0 Å². The number of carbonyl (C=O) groups excluding carboxylic acids is 2. The standard InChI is InChI=1S/C18H26N2O4/c1-18(2,3)20(17(22)23-4)13-16(21)14-5-7-15(8-6-14)19-9-11-24-12-10-19/h5-8H,9-13H2,1-4H3. The molecule has 0 unspecified atom stereocenters. The lowest BCUT2D eigenvalue weighted by Crippen LogP contribution is -2.48. The highest BCUT2D eigenvalue weighted by Crippen LogP contribution is 2.19. The summed E-state index contributed by atoms with van der Waals surface area (Å²) in [5.41, 5.74) is 1.18. The Hall–Kier alpha value is -2.08. The molecule has 6 heteroatoms. The highest BCUT2D eigenvalue weighted by Gasteiger charge is 2.29. The predicted octanol–water partition coefficient (Wildman–Crippen LogP) is 2.57. The molecule has 1 fully saturated rings. The Morgan fingerprint density at radius 3 is 2.25 bits per heavy atom. The second-order valence-electron chi connectivity index (χ2n) is 6.80. The average Bonchev–Trinajstić information content (AvgIpc) is 2.58. The van der Waals surface area contributed by atoms with Crippen molar-refractivity contribution in [3.63, 3.8) is 0 Å². The maximum absolute atomic E-state index is 12.5. The van der Waals surface area contributed by atoms with Gasteiger partial charge in [-0.05, 0) is 45.0 Å². The lowest BCUT2D eigenvalue weighted by atomic mass is 10.0. The molecule has 1 aromatic rings. The van der Waals surface area contributed by atoms with E-state index in [1.807, 2.05) is 45.0 Å². The SMILES string of the molecule is COC(=O)N(CC(=O)c1ccc(N2CCOCC2)cc1)C(C)(C)C. The molecule has 0 atom stereocenters. The minimum absolute atomic E-state index is 0.00687. The van der Waals surface area contributed by atoms with Gasteiger partial charge < -0.3 is 14.4 Å².